The van der Waals surface area contributed by atoms with Crippen LogP contribution in [0, 0.1) is 12.8 Å². The van der Waals surface area contributed by atoms with Gasteiger partial charge in [0, 0.05) is 7.05 Å². The largest absolute Gasteiger partial charge is 0.452 e. The van der Waals surface area contributed by atoms with E-state index in [1.54, 1.807) is 18.7 Å². The molecule has 1 aromatic heterocycles. The maximum Gasteiger partial charge on any atom is 0.309 e. The van der Waals surface area contributed by atoms with E-state index < -0.39 is 12.0 Å². The molecule has 0 radical (unpaired) electrons. The van der Waals surface area contributed by atoms with Crippen molar-refractivity contribution in [1.29, 1.82) is 0 Å². The number of para-hydroxylation sites is 1. The SMILES string of the molecule is Cc1c(NC(=O)C(C)OC(=O)C2CCCCC2)c(=O)n(-c2ccccc2)n1C. The molecule has 1 saturated carbocycles. The van der Waals surface area contributed by atoms with Crippen LogP contribution in [-0.2, 0) is 21.4 Å². The fourth-order valence-electron chi connectivity index (χ4n) is 3.60. The molecule has 0 spiro atoms. The van der Waals surface area contributed by atoms with Gasteiger partial charge in [-0.05, 0) is 38.8 Å². The average molecular weight is 385 g/mol. The number of esters is 1. The van der Waals surface area contributed by atoms with E-state index in [0.29, 0.717) is 11.4 Å². The minimum atomic E-state index is -0.960. The van der Waals surface area contributed by atoms with Crippen LogP contribution in [0.15, 0.2) is 35.1 Å². The van der Waals surface area contributed by atoms with Gasteiger partial charge < -0.3 is 10.1 Å². The molecule has 1 heterocycles. The minimum Gasteiger partial charge on any atom is -0.452 e. The van der Waals surface area contributed by atoms with E-state index >= 15 is 0 Å². The quantitative estimate of drug-likeness (QED) is 0.803. The highest BCUT2D eigenvalue weighted by molar-refractivity contribution is 5.95. The van der Waals surface area contributed by atoms with Crippen LogP contribution in [0.4, 0.5) is 5.69 Å². The molecule has 1 amide bonds. The smallest absolute Gasteiger partial charge is 0.309 e. The van der Waals surface area contributed by atoms with Gasteiger partial charge in [-0.15, -0.1) is 0 Å². The van der Waals surface area contributed by atoms with Gasteiger partial charge in [0.1, 0.15) is 5.69 Å². The lowest BCUT2D eigenvalue weighted by molar-refractivity contribution is -0.158. The first-order valence-electron chi connectivity index (χ1n) is 9.75. The molecule has 1 unspecified atom stereocenters. The fraction of sp³-hybridized carbons (Fsp3) is 0.476. The average Bonchev–Trinajstić information content (AvgIpc) is 2.92. The molecule has 1 aliphatic rings. The zero-order valence-corrected chi connectivity index (χ0v) is 16.6. The van der Waals surface area contributed by atoms with Gasteiger partial charge in [-0.2, -0.15) is 0 Å². The Morgan fingerprint density at radius 2 is 1.79 bits per heavy atom. The Morgan fingerprint density at radius 3 is 2.43 bits per heavy atom. The molecule has 1 aromatic carbocycles. The van der Waals surface area contributed by atoms with Crippen molar-refractivity contribution in [3.63, 3.8) is 0 Å². The van der Waals surface area contributed by atoms with Gasteiger partial charge in [-0.25, -0.2) is 4.68 Å². The van der Waals surface area contributed by atoms with Crippen molar-refractivity contribution >= 4 is 17.6 Å². The molecule has 28 heavy (non-hydrogen) atoms. The second-order valence-corrected chi connectivity index (χ2v) is 7.34. The van der Waals surface area contributed by atoms with Crippen molar-refractivity contribution < 1.29 is 14.3 Å². The lowest BCUT2D eigenvalue weighted by Crippen LogP contribution is -2.34. The molecule has 1 aliphatic carbocycles. The van der Waals surface area contributed by atoms with Gasteiger partial charge in [0.05, 0.1) is 17.3 Å². The first kappa shape index (κ1) is 19.9. The first-order valence-corrected chi connectivity index (χ1v) is 9.75. The molecule has 7 nitrogen and oxygen atoms in total. The number of nitrogens with one attached hydrogen (secondary N) is 1. The Labute approximate surface area is 164 Å². The van der Waals surface area contributed by atoms with Gasteiger partial charge >= 0.3 is 5.97 Å². The highest BCUT2D eigenvalue weighted by Gasteiger charge is 2.27. The summed E-state index contributed by atoms with van der Waals surface area (Å²) in [4.78, 5) is 37.7. The van der Waals surface area contributed by atoms with E-state index in [1.807, 2.05) is 30.3 Å². The van der Waals surface area contributed by atoms with Crippen LogP contribution in [0.3, 0.4) is 0 Å². The molecule has 3 rings (SSSR count). The van der Waals surface area contributed by atoms with Crippen LogP contribution in [0.2, 0.25) is 0 Å². The van der Waals surface area contributed by atoms with E-state index in [1.165, 1.54) is 11.6 Å². The summed E-state index contributed by atoms with van der Waals surface area (Å²) in [6.45, 7) is 3.29. The second-order valence-electron chi connectivity index (χ2n) is 7.34. The number of hydrogen-bond donors (Lipinski definition) is 1. The highest BCUT2D eigenvalue weighted by atomic mass is 16.5. The Hall–Kier alpha value is -2.83. The highest BCUT2D eigenvalue weighted by Crippen LogP contribution is 2.25. The summed E-state index contributed by atoms with van der Waals surface area (Å²) in [6.07, 6.45) is 3.84. The summed E-state index contributed by atoms with van der Waals surface area (Å²) in [7, 11) is 1.76. The number of rotatable bonds is 5. The Morgan fingerprint density at radius 1 is 1.14 bits per heavy atom. The van der Waals surface area contributed by atoms with Crippen LogP contribution in [0.1, 0.15) is 44.7 Å². The van der Waals surface area contributed by atoms with Crippen molar-refractivity contribution in [3.05, 3.63) is 46.4 Å². The zero-order valence-electron chi connectivity index (χ0n) is 16.6. The maximum absolute atomic E-state index is 12.9. The molecular formula is C21H27N3O4. The maximum atomic E-state index is 12.9. The normalized spacial score (nSPS) is 15.8. The van der Waals surface area contributed by atoms with Crippen LogP contribution in [-0.4, -0.2) is 27.3 Å². The summed E-state index contributed by atoms with van der Waals surface area (Å²) < 4.78 is 8.53. The van der Waals surface area contributed by atoms with E-state index in [0.717, 1.165) is 32.1 Å². The van der Waals surface area contributed by atoms with Crippen LogP contribution in [0.5, 0.6) is 0 Å². The van der Waals surface area contributed by atoms with Gasteiger partial charge in [0.15, 0.2) is 6.10 Å². The molecule has 1 N–H and O–H groups in total. The van der Waals surface area contributed by atoms with Crippen molar-refractivity contribution in [1.82, 2.24) is 9.36 Å². The number of carbonyl (C=O) groups excluding carboxylic acids is 2. The molecule has 2 aromatic rings. The Kier molecular flexibility index (Phi) is 6.02. The van der Waals surface area contributed by atoms with E-state index in [-0.39, 0.29) is 23.1 Å². The number of amides is 1. The zero-order chi connectivity index (χ0) is 20.3. The van der Waals surface area contributed by atoms with Gasteiger partial charge in [-0.1, -0.05) is 37.5 Å². The Balaban J connectivity index is 1.73. The number of ether oxygens (including phenoxy) is 1. The summed E-state index contributed by atoms with van der Waals surface area (Å²) in [5.41, 5.74) is 1.19. The third-order valence-electron chi connectivity index (χ3n) is 5.40. The van der Waals surface area contributed by atoms with E-state index in [9.17, 15) is 14.4 Å². The van der Waals surface area contributed by atoms with Gasteiger partial charge in [0.25, 0.3) is 11.5 Å². The molecule has 0 bridgehead atoms. The number of carbonyl (C=O) groups is 2. The number of benzene rings is 1. The summed E-state index contributed by atoms with van der Waals surface area (Å²) in [5, 5.41) is 2.65. The molecule has 150 valence electrons. The molecule has 0 aliphatic heterocycles. The number of nitrogens with zero attached hydrogens (tertiary/aromatic N) is 2. The van der Waals surface area contributed by atoms with Crippen molar-refractivity contribution in [3.8, 4) is 5.69 Å². The second kappa shape index (κ2) is 8.46. The third kappa shape index (κ3) is 4.03. The summed E-state index contributed by atoms with van der Waals surface area (Å²) >= 11 is 0. The first-order chi connectivity index (χ1) is 13.4. The standard InChI is InChI=1S/C21H27N3O4/c1-14-18(20(26)24(23(14)3)17-12-8-5-9-13-17)22-19(25)15(2)28-21(27)16-10-6-4-7-11-16/h5,8-9,12-13,15-16H,4,6-7,10-11H2,1-3H3,(H,22,25). The molecule has 1 fully saturated rings. The molecule has 0 saturated heterocycles. The number of hydrogen-bond acceptors (Lipinski definition) is 4. The fourth-order valence-corrected chi connectivity index (χ4v) is 3.60. The molecular weight excluding hydrogens is 358 g/mol. The van der Waals surface area contributed by atoms with Crippen molar-refractivity contribution in [2.45, 2.75) is 52.1 Å². The third-order valence-corrected chi connectivity index (χ3v) is 5.40. The lowest BCUT2D eigenvalue weighted by atomic mass is 9.89. The predicted octanol–water partition coefficient (Wildman–Crippen LogP) is 2.93. The van der Waals surface area contributed by atoms with E-state index in [2.05, 4.69) is 5.32 Å². The Bertz CT molecular complexity index is 908. The predicted molar refractivity (Wildman–Crippen MR) is 107 cm³/mol. The van der Waals surface area contributed by atoms with Gasteiger partial charge in [0.2, 0.25) is 0 Å². The van der Waals surface area contributed by atoms with Crippen molar-refractivity contribution in [2.24, 2.45) is 13.0 Å². The monoisotopic (exact) mass is 385 g/mol. The number of aromatic nitrogens is 2. The number of anilines is 1. The van der Waals surface area contributed by atoms with Gasteiger partial charge in [-0.3, -0.25) is 19.1 Å². The minimum absolute atomic E-state index is 0.127. The molecule has 7 heteroatoms. The van der Waals surface area contributed by atoms with Crippen LogP contribution < -0.4 is 10.9 Å². The topological polar surface area (TPSA) is 82.3 Å². The van der Waals surface area contributed by atoms with E-state index in [4.69, 9.17) is 4.74 Å². The van der Waals surface area contributed by atoms with Crippen LogP contribution >= 0.6 is 0 Å². The lowest BCUT2D eigenvalue weighted by Gasteiger charge is -2.22. The van der Waals surface area contributed by atoms with Crippen LogP contribution in [0.25, 0.3) is 5.69 Å². The molecule has 1 atom stereocenters. The van der Waals surface area contributed by atoms with Crippen molar-refractivity contribution in [2.75, 3.05) is 5.32 Å². The summed E-state index contributed by atoms with van der Waals surface area (Å²) in [6, 6.07) is 9.20. The summed E-state index contributed by atoms with van der Waals surface area (Å²) in [5.74, 6) is -0.957.